The minimum Gasteiger partial charge on any atom is -0.410 e. The quantitative estimate of drug-likeness (QED) is 0.278. The Morgan fingerprint density at radius 2 is 1.51 bits per heavy atom. The first kappa shape index (κ1) is 32.9. The van der Waals surface area contributed by atoms with Gasteiger partial charge >= 0.3 is 5.69 Å². The number of nitrogens with zero attached hydrogens (tertiary/aromatic N) is 1. The fourth-order valence-corrected chi connectivity index (χ4v) is 11.5. The highest BCUT2D eigenvalue weighted by Gasteiger charge is 2.57. The van der Waals surface area contributed by atoms with Gasteiger partial charge in [-0.15, -0.1) is 0 Å². The number of hydrogen-bond donors (Lipinski definition) is 1. The molecule has 0 unspecified atom stereocenters. The van der Waals surface area contributed by atoms with Gasteiger partial charge in [0.05, 0.1) is 18.9 Å². The molecule has 232 valence electrons. The van der Waals surface area contributed by atoms with Crippen LogP contribution < -0.4 is 21.6 Å². The van der Waals surface area contributed by atoms with Crippen molar-refractivity contribution in [2.75, 3.05) is 6.61 Å². The van der Waals surface area contributed by atoms with Crippen molar-refractivity contribution < 1.29 is 22.8 Å². The second-order valence-electron chi connectivity index (χ2n) is 13.8. The second kappa shape index (κ2) is 11.8. The van der Waals surface area contributed by atoms with Crippen LogP contribution in [0.5, 0.6) is 0 Å². The van der Waals surface area contributed by atoms with Crippen molar-refractivity contribution in [3.05, 3.63) is 93.5 Å². The Morgan fingerprint density at radius 3 is 1.98 bits per heavy atom. The molecule has 8 nitrogen and oxygen atoms in total. The highest BCUT2D eigenvalue weighted by Crippen LogP contribution is 2.45. The van der Waals surface area contributed by atoms with E-state index in [4.69, 9.17) is 13.6 Å². The molecule has 0 bridgehead atoms. The van der Waals surface area contributed by atoms with Crippen LogP contribution in [0, 0.1) is 5.82 Å². The monoisotopic (exact) mass is 626 g/mol. The number of H-pyrrole nitrogens is 1. The first-order valence-corrected chi connectivity index (χ1v) is 19.4. The Hall–Kier alpha value is -2.97. The summed E-state index contributed by atoms with van der Waals surface area (Å²) in [5, 5.41) is 1.50. The largest absolute Gasteiger partial charge is 0.410 e. The molecule has 0 aliphatic carbocycles. The van der Waals surface area contributed by atoms with E-state index >= 15 is 0 Å². The van der Waals surface area contributed by atoms with Gasteiger partial charge in [0.1, 0.15) is 6.23 Å². The molecule has 3 atom stereocenters. The number of benzene rings is 2. The van der Waals surface area contributed by atoms with Gasteiger partial charge in [0, 0.05) is 6.42 Å². The fraction of sp³-hybridized carbons (Fsp3) is 0.469. The number of nitrogens with one attached hydrogen (secondary N) is 1. The van der Waals surface area contributed by atoms with Gasteiger partial charge < -0.3 is 13.6 Å². The molecule has 0 spiro atoms. The normalized spacial score (nSPS) is 21.6. The molecule has 11 heteroatoms. The standard InChI is InChI=1S/C32H43FN2O6Si2/c1-30(2,3)42(7,8)41-26-19-27(35-20-25(33)28(37)34-29(35)38)40-32(26,21-36)22-39-43(31(4,5)6,23-15-11-9-12-16-23)24-17-13-10-14-18-24/h9-18,20-21,26-27H,19,22H2,1-8H3,(H,34,37,38)/t26-,27+,32+/m0/s1. The maximum absolute atomic E-state index is 14.4. The molecule has 4 rings (SSSR count). The molecule has 1 aliphatic heterocycles. The Balaban J connectivity index is 1.85. The van der Waals surface area contributed by atoms with Gasteiger partial charge in [-0.05, 0) is 33.5 Å². The molecule has 0 saturated carbocycles. The summed E-state index contributed by atoms with van der Waals surface area (Å²) >= 11 is 0. The van der Waals surface area contributed by atoms with Crippen LogP contribution >= 0.6 is 0 Å². The van der Waals surface area contributed by atoms with Crippen LogP contribution in [0.1, 0.15) is 54.2 Å². The van der Waals surface area contributed by atoms with E-state index < -0.39 is 51.6 Å². The van der Waals surface area contributed by atoms with E-state index in [1.807, 2.05) is 41.4 Å². The van der Waals surface area contributed by atoms with Crippen molar-refractivity contribution in [2.24, 2.45) is 0 Å². The molecule has 2 aromatic carbocycles. The maximum Gasteiger partial charge on any atom is 0.330 e. The second-order valence-corrected chi connectivity index (χ2v) is 22.9. The average Bonchev–Trinajstić information content (AvgIpc) is 3.28. The molecular weight excluding hydrogens is 584 g/mol. The Kier molecular flexibility index (Phi) is 9.08. The number of rotatable bonds is 9. The molecule has 1 N–H and O–H groups in total. The van der Waals surface area contributed by atoms with Crippen molar-refractivity contribution >= 4 is 33.3 Å². The third-order valence-electron chi connectivity index (χ3n) is 8.92. The third-order valence-corrected chi connectivity index (χ3v) is 18.4. The summed E-state index contributed by atoms with van der Waals surface area (Å²) in [7, 11) is -5.57. The summed E-state index contributed by atoms with van der Waals surface area (Å²) in [4.78, 5) is 39.7. The molecule has 2 heterocycles. The number of hydrogen-bond acceptors (Lipinski definition) is 6. The number of carbonyl (C=O) groups excluding carboxylic acids is 1. The topological polar surface area (TPSA) is 99.6 Å². The summed E-state index contributed by atoms with van der Waals surface area (Å²) < 4.78 is 35.7. The number of aromatic amines is 1. The molecule has 0 radical (unpaired) electrons. The maximum atomic E-state index is 14.4. The van der Waals surface area contributed by atoms with Crippen LogP contribution in [0.25, 0.3) is 0 Å². The van der Waals surface area contributed by atoms with E-state index in [9.17, 15) is 18.8 Å². The Labute approximate surface area is 254 Å². The van der Waals surface area contributed by atoms with E-state index in [0.29, 0.717) is 6.29 Å². The Morgan fingerprint density at radius 1 is 0.977 bits per heavy atom. The average molecular weight is 627 g/mol. The molecular formula is C32H43FN2O6Si2. The fourth-order valence-electron chi connectivity index (χ4n) is 5.53. The van der Waals surface area contributed by atoms with E-state index in [0.717, 1.165) is 21.1 Å². The van der Waals surface area contributed by atoms with Gasteiger partial charge in [0.25, 0.3) is 13.9 Å². The first-order chi connectivity index (χ1) is 20.0. The van der Waals surface area contributed by atoms with Crippen LogP contribution in [0.3, 0.4) is 0 Å². The van der Waals surface area contributed by atoms with E-state index in [-0.39, 0.29) is 23.1 Å². The lowest BCUT2D eigenvalue weighted by Gasteiger charge is -2.46. The van der Waals surface area contributed by atoms with Crippen LogP contribution in [0.15, 0.2) is 76.4 Å². The minimum absolute atomic E-state index is 0.0841. The third kappa shape index (κ3) is 6.19. The number of halogens is 1. The predicted molar refractivity (Wildman–Crippen MR) is 170 cm³/mol. The molecule has 0 amide bonds. The van der Waals surface area contributed by atoms with Gasteiger partial charge in [0.2, 0.25) is 5.82 Å². The highest BCUT2D eigenvalue weighted by atomic mass is 28.4. The van der Waals surface area contributed by atoms with E-state index in [2.05, 4.69) is 78.9 Å². The molecule has 1 saturated heterocycles. The number of ether oxygens (including phenoxy) is 1. The van der Waals surface area contributed by atoms with Crippen LogP contribution in [-0.2, 0) is 18.4 Å². The van der Waals surface area contributed by atoms with E-state index in [1.165, 1.54) is 0 Å². The summed E-state index contributed by atoms with van der Waals surface area (Å²) in [5.74, 6) is -1.13. The number of aldehydes is 1. The van der Waals surface area contributed by atoms with Crippen LogP contribution in [0.2, 0.25) is 23.2 Å². The SMILES string of the molecule is CC(C)(C)[Si](C)(C)O[C@H]1C[C@H](n2cc(F)c(=O)[nH]c2=O)O[C@]1(C=O)CO[Si](c1ccccc1)(c1ccccc1)C(C)(C)C. The van der Waals surface area contributed by atoms with Gasteiger partial charge in [-0.1, -0.05) is 102 Å². The van der Waals surface area contributed by atoms with Gasteiger partial charge in [-0.2, -0.15) is 4.39 Å². The van der Waals surface area contributed by atoms with Gasteiger partial charge in [-0.3, -0.25) is 19.1 Å². The summed E-state index contributed by atoms with van der Waals surface area (Å²) in [6.07, 6.45) is -0.257. The van der Waals surface area contributed by atoms with Crippen LogP contribution in [-0.4, -0.2) is 50.8 Å². The van der Waals surface area contributed by atoms with Gasteiger partial charge in [0.15, 0.2) is 20.2 Å². The molecule has 1 fully saturated rings. The molecule has 1 aliphatic rings. The van der Waals surface area contributed by atoms with E-state index in [1.54, 1.807) is 0 Å². The highest BCUT2D eigenvalue weighted by molar-refractivity contribution is 6.99. The lowest BCUT2D eigenvalue weighted by Crippen LogP contribution is -2.68. The smallest absolute Gasteiger partial charge is 0.330 e. The van der Waals surface area contributed by atoms with Crippen molar-refractivity contribution in [1.29, 1.82) is 0 Å². The summed E-state index contributed by atoms with van der Waals surface area (Å²) in [6.45, 7) is 16.7. The zero-order valence-corrected chi connectivity index (χ0v) is 28.3. The van der Waals surface area contributed by atoms with Crippen molar-refractivity contribution in [3.8, 4) is 0 Å². The lowest BCUT2D eigenvalue weighted by molar-refractivity contribution is -0.149. The zero-order chi connectivity index (χ0) is 31.8. The summed E-state index contributed by atoms with van der Waals surface area (Å²) in [5.41, 5.74) is -3.57. The van der Waals surface area contributed by atoms with Crippen LogP contribution in [0.4, 0.5) is 4.39 Å². The summed E-state index contributed by atoms with van der Waals surface area (Å²) in [6, 6.07) is 20.1. The molecule has 1 aromatic heterocycles. The molecule has 43 heavy (non-hydrogen) atoms. The van der Waals surface area contributed by atoms with Crippen molar-refractivity contribution in [1.82, 2.24) is 9.55 Å². The Bertz CT molecular complexity index is 1510. The predicted octanol–water partition coefficient (Wildman–Crippen LogP) is 4.50. The number of carbonyl (C=O) groups is 1. The van der Waals surface area contributed by atoms with Crippen molar-refractivity contribution in [2.45, 2.75) is 89.1 Å². The first-order valence-electron chi connectivity index (χ1n) is 14.6. The zero-order valence-electron chi connectivity index (χ0n) is 26.3. The molecule has 3 aromatic rings. The van der Waals surface area contributed by atoms with Crippen molar-refractivity contribution in [3.63, 3.8) is 0 Å². The number of aromatic nitrogens is 2. The minimum atomic E-state index is -3.09. The lowest BCUT2D eigenvalue weighted by atomic mass is 10.00. The van der Waals surface area contributed by atoms with Gasteiger partial charge in [-0.25, -0.2) is 4.79 Å².